The predicted molar refractivity (Wildman–Crippen MR) is 241 cm³/mol. The lowest BCUT2D eigenvalue weighted by molar-refractivity contribution is 0.828. The van der Waals surface area contributed by atoms with E-state index >= 15 is 0 Å². The molecule has 2 aromatic heterocycles. The van der Waals surface area contributed by atoms with Crippen LogP contribution in [-0.4, -0.2) is 9.55 Å². The molecule has 0 saturated heterocycles. The molecule has 0 unspecified atom stereocenters. The van der Waals surface area contributed by atoms with Gasteiger partial charge in [0.25, 0.3) is 0 Å². The molecule has 10 aromatic carbocycles. The Labute approximate surface area is 323 Å². The Morgan fingerprint density at radius 1 is 0.375 bits per heavy atom. The van der Waals surface area contributed by atoms with Gasteiger partial charge >= 0.3 is 0 Å². The van der Waals surface area contributed by atoms with E-state index in [4.69, 9.17) is 0 Å². The van der Waals surface area contributed by atoms with Crippen molar-refractivity contribution in [3.63, 3.8) is 0 Å². The first kappa shape index (κ1) is 31.2. The molecule has 2 heteroatoms. The normalized spacial score (nSPS) is 12.1. The largest absolute Gasteiger partial charge is 0.354 e. The molecule has 56 heavy (non-hydrogen) atoms. The van der Waals surface area contributed by atoms with Gasteiger partial charge in [-0.3, -0.25) is 0 Å². The molecule has 0 aliphatic carbocycles. The minimum absolute atomic E-state index is 0.890. The van der Waals surface area contributed by atoms with Gasteiger partial charge in [0.15, 0.2) is 0 Å². The third kappa shape index (κ3) is 4.33. The van der Waals surface area contributed by atoms with Gasteiger partial charge in [0.1, 0.15) is 0 Å². The highest BCUT2D eigenvalue weighted by Gasteiger charge is 2.22. The third-order valence-electron chi connectivity index (χ3n) is 12.3. The molecule has 0 bridgehead atoms. The second-order valence-electron chi connectivity index (χ2n) is 15.1. The van der Waals surface area contributed by atoms with Crippen LogP contribution in [0.5, 0.6) is 0 Å². The van der Waals surface area contributed by atoms with Crippen LogP contribution >= 0.6 is 0 Å². The zero-order valence-corrected chi connectivity index (χ0v) is 31.0. The van der Waals surface area contributed by atoms with Crippen LogP contribution in [-0.2, 0) is 6.54 Å². The maximum absolute atomic E-state index is 3.82. The first-order valence-corrected chi connectivity index (χ1v) is 19.7. The van der Waals surface area contributed by atoms with Crippen molar-refractivity contribution in [2.45, 2.75) is 13.5 Å². The van der Waals surface area contributed by atoms with Crippen molar-refractivity contribution in [3.8, 4) is 33.4 Å². The van der Waals surface area contributed by atoms with E-state index in [1.807, 2.05) is 0 Å². The van der Waals surface area contributed by atoms with Crippen molar-refractivity contribution in [1.82, 2.24) is 9.55 Å². The first-order chi connectivity index (χ1) is 27.8. The summed E-state index contributed by atoms with van der Waals surface area (Å²) in [6.45, 7) is 3.15. The van der Waals surface area contributed by atoms with Gasteiger partial charge in [-0.1, -0.05) is 158 Å². The molecule has 2 heterocycles. The second-order valence-corrected chi connectivity index (χ2v) is 15.1. The summed E-state index contributed by atoms with van der Waals surface area (Å²) in [6.07, 6.45) is 0. The maximum atomic E-state index is 3.82. The lowest BCUT2D eigenvalue weighted by Gasteiger charge is -2.20. The number of nitrogens with zero attached hydrogens (tertiary/aromatic N) is 1. The lowest BCUT2D eigenvalue weighted by Crippen LogP contribution is -1.96. The summed E-state index contributed by atoms with van der Waals surface area (Å²) < 4.78 is 2.50. The molecule has 0 aliphatic rings. The number of fused-ring (bicyclic) bond motifs is 10. The highest BCUT2D eigenvalue weighted by Crippen LogP contribution is 2.49. The van der Waals surface area contributed by atoms with Crippen molar-refractivity contribution in [2.75, 3.05) is 0 Å². The fourth-order valence-corrected chi connectivity index (χ4v) is 9.94. The van der Waals surface area contributed by atoms with Crippen LogP contribution in [0.4, 0.5) is 0 Å². The smallest absolute Gasteiger partial charge is 0.0571 e. The Hall–Kier alpha value is -7.16. The Kier molecular flexibility index (Phi) is 6.64. The topological polar surface area (TPSA) is 20.7 Å². The zero-order valence-electron chi connectivity index (χ0n) is 31.0. The maximum Gasteiger partial charge on any atom is 0.0571 e. The number of nitrogens with one attached hydrogen (secondary N) is 1. The van der Waals surface area contributed by atoms with Gasteiger partial charge in [-0.25, -0.2) is 0 Å². The van der Waals surface area contributed by atoms with E-state index in [1.54, 1.807) is 0 Å². The molecule has 12 rings (SSSR count). The van der Waals surface area contributed by atoms with E-state index in [1.165, 1.54) is 115 Å². The number of aromatic amines is 1. The van der Waals surface area contributed by atoms with E-state index in [0.29, 0.717) is 0 Å². The predicted octanol–water partition coefficient (Wildman–Crippen LogP) is 15.1. The van der Waals surface area contributed by atoms with Gasteiger partial charge in [0.2, 0.25) is 0 Å². The van der Waals surface area contributed by atoms with Crippen molar-refractivity contribution >= 4 is 86.7 Å². The molecule has 262 valence electrons. The van der Waals surface area contributed by atoms with Gasteiger partial charge in [0, 0.05) is 50.2 Å². The number of rotatable bonds is 4. The monoisotopic (exact) mass is 712 g/mol. The van der Waals surface area contributed by atoms with Crippen LogP contribution in [0.1, 0.15) is 6.92 Å². The Bertz CT molecular complexity index is 3520. The van der Waals surface area contributed by atoms with E-state index in [0.717, 1.165) is 12.1 Å². The Morgan fingerprint density at radius 2 is 0.875 bits per heavy atom. The van der Waals surface area contributed by atoms with Crippen LogP contribution in [0.2, 0.25) is 0 Å². The van der Waals surface area contributed by atoms with Crippen LogP contribution < -0.4 is 0 Å². The van der Waals surface area contributed by atoms with Crippen LogP contribution in [0.25, 0.3) is 120 Å². The SMILES string of the molecule is CCn1c2ccccc2c2cccc(-c3cccc4c(-c5c6ccccc6cc6ccccc56)c5cccc(-c6cccc7c6[nH]c6ccccc67)c5cc34)c21. The van der Waals surface area contributed by atoms with Crippen molar-refractivity contribution in [1.29, 1.82) is 0 Å². The average Bonchev–Trinajstić information content (AvgIpc) is 3.80. The van der Waals surface area contributed by atoms with Gasteiger partial charge < -0.3 is 9.55 Å². The molecule has 0 fully saturated rings. The summed E-state index contributed by atoms with van der Waals surface area (Å²) in [5.41, 5.74) is 12.4. The number of H-pyrrole nitrogens is 1. The van der Waals surface area contributed by atoms with Gasteiger partial charge in [0.05, 0.1) is 11.0 Å². The van der Waals surface area contributed by atoms with E-state index < -0.39 is 0 Å². The quantitative estimate of drug-likeness (QED) is 0.175. The van der Waals surface area contributed by atoms with Gasteiger partial charge in [-0.15, -0.1) is 0 Å². The third-order valence-corrected chi connectivity index (χ3v) is 12.3. The minimum atomic E-state index is 0.890. The molecule has 0 atom stereocenters. The van der Waals surface area contributed by atoms with Gasteiger partial charge in [-0.2, -0.15) is 0 Å². The molecule has 0 spiro atoms. The molecular weight excluding hydrogens is 677 g/mol. The molecule has 0 saturated carbocycles. The molecule has 0 radical (unpaired) electrons. The van der Waals surface area contributed by atoms with E-state index in [2.05, 4.69) is 198 Å². The van der Waals surface area contributed by atoms with Crippen LogP contribution in [0, 0.1) is 0 Å². The first-order valence-electron chi connectivity index (χ1n) is 19.7. The fraction of sp³-hybridized carbons (Fsp3) is 0.0370. The molecule has 2 nitrogen and oxygen atoms in total. The number of hydrogen-bond donors (Lipinski definition) is 1. The van der Waals surface area contributed by atoms with E-state index in [9.17, 15) is 0 Å². The second kappa shape index (κ2) is 11.9. The summed E-state index contributed by atoms with van der Waals surface area (Å²) >= 11 is 0. The standard InChI is InChI=1S/C54H36N2/c1-2-56-50-30-10-8-20-40(50)46-28-14-27-45(54(46)56)38-22-12-24-42-48(38)32-47-37(43-25-13-26-44-39-19-7-9-29-49(39)55-53(43)44)21-11-23-41(47)52(42)51-35-17-5-3-15-33(35)31-34-16-4-6-18-36(34)51/h3-32,55H,2H2,1H3. The highest BCUT2D eigenvalue weighted by atomic mass is 15.0. The zero-order chi connectivity index (χ0) is 36.9. The fourth-order valence-electron chi connectivity index (χ4n) is 9.94. The Morgan fingerprint density at radius 3 is 1.57 bits per heavy atom. The number of aryl methyl sites for hydroxylation is 1. The molecule has 0 amide bonds. The lowest BCUT2D eigenvalue weighted by atomic mass is 9.83. The highest BCUT2D eigenvalue weighted by molar-refractivity contribution is 6.27. The van der Waals surface area contributed by atoms with E-state index in [-0.39, 0.29) is 0 Å². The molecule has 1 N–H and O–H groups in total. The number of para-hydroxylation sites is 4. The van der Waals surface area contributed by atoms with Crippen molar-refractivity contribution < 1.29 is 0 Å². The van der Waals surface area contributed by atoms with Crippen LogP contribution in [0.3, 0.4) is 0 Å². The van der Waals surface area contributed by atoms with Crippen molar-refractivity contribution in [2.24, 2.45) is 0 Å². The van der Waals surface area contributed by atoms with Crippen molar-refractivity contribution in [3.05, 3.63) is 182 Å². The summed E-state index contributed by atoms with van der Waals surface area (Å²) in [5.74, 6) is 0. The summed E-state index contributed by atoms with van der Waals surface area (Å²) in [4.78, 5) is 3.82. The summed E-state index contributed by atoms with van der Waals surface area (Å²) in [7, 11) is 0. The minimum Gasteiger partial charge on any atom is -0.354 e. The average molecular weight is 713 g/mol. The molecule has 12 aromatic rings. The van der Waals surface area contributed by atoms with Gasteiger partial charge in [-0.05, 0) is 96.5 Å². The summed E-state index contributed by atoms with van der Waals surface area (Å²) in [5, 5.41) is 15.1. The number of aromatic nitrogens is 2. The number of hydrogen-bond acceptors (Lipinski definition) is 0. The summed E-state index contributed by atoms with van der Waals surface area (Å²) in [6, 6.07) is 67.7. The Balaban J connectivity index is 1.28. The van der Waals surface area contributed by atoms with Crippen LogP contribution in [0.15, 0.2) is 182 Å². The molecular formula is C54H36N2. The molecule has 0 aliphatic heterocycles. The number of benzene rings is 10.